The van der Waals surface area contributed by atoms with Gasteiger partial charge in [-0.25, -0.2) is 4.98 Å². The van der Waals surface area contributed by atoms with Gasteiger partial charge in [-0.05, 0) is 30.7 Å². The van der Waals surface area contributed by atoms with Crippen molar-refractivity contribution in [2.24, 2.45) is 5.10 Å². The van der Waals surface area contributed by atoms with E-state index >= 15 is 0 Å². The minimum atomic E-state index is -0.212. The van der Waals surface area contributed by atoms with E-state index in [1.165, 1.54) is 10.9 Å². The Hall–Kier alpha value is -2.95. The van der Waals surface area contributed by atoms with Crippen LogP contribution in [0.3, 0.4) is 0 Å². The van der Waals surface area contributed by atoms with Crippen LogP contribution in [0.5, 0.6) is 5.75 Å². The van der Waals surface area contributed by atoms with Crippen molar-refractivity contribution in [2.45, 2.75) is 20.3 Å². The normalized spacial score (nSPS) is 11.4. The second-order valence-corrected chi connectivity index (χ2v) is 5.27. The van der Waals surface area contributed by atoms with Crippen LogP contribution in [-0.4, -0.2) is 21.0 Å². The quantitative estimate of drug-likeness (QED) is 0.757. The number of phenols is 1. The fourth-order valence-electron chi connectivity index (χ4n) is 2.42. The van der Waals surface area contributed by atoms with Crippen LogP contribution < -0.4 is 5.56 Å². The molecule has 23 heavy (non-hydrogen) atoms. The van der Waals surface area contributed by atoms with Crippen molar-refractivity contribution in [1.82, 2.24) is 9.66 Å². The summed E-state index contributed by atoms with van der Waals surface area (Å²) in [6, 6.07) is 12.6. The van der Waals surface area contributed by atoms with Crippen LogP contribution >= 0.6 is 0 Å². The highest BCUT2D eigenvalue weighted by molar-refractivity contribution is 5.84. The van der Waals surface area contributed by atoms with Crippen molar-refractivity contribution >= 4 is 17.1 Å². The molecule has 0 fully saturated rings. The van der Waals surface area contributed by atoms with Gasteiger partial charge in [0, 0.05) is 12.0 Å². The molecule has 5 nitrogen and oxygen atoms in total. The number of aromatic hydroxyl groups is 1. The van der Waals surface area contributed by atoms with Gasteiger partial charge in [-0.2, -0.15) is 9.78 Å². The highest BCUT2D eigenvalue weighted by Crippen LogP contribution is 2.19. The summed E-state index contributed by atoms with van der Waals surface area (Å²) in [6.45, 7) is 3.74. The van der Waals surface area contributed by atoms with E-state index in [-0.39, 0.29) is 11.3 Å². The molecule has 3 rings (SSSR count). The molecule has 116 valence electrons. The predicted octanol–water partition coefficient (Wildman–Crippen LogP) is 2.86. The van der Waals surface area contributed by atoms with Gasteiger partial charge in [-0.3, -0.25) is 4.79 Å². The zero-order chi connectivity index (χ0) is 16.4. The van der Waals surface area contributed by atoms with Gasteiger partial charge in [-0.15, -0.1) is 0 Å². The Balaban J connectivity index is 2.16. The predicted molar refractivity (Wildman–Crippen MR) is 91.2 cm³/mol. The molecule has 0 unspecified atom stereocenters. The zero-order valence-electron chi connectivity index (χ0n) is 13.0. The Labute approximate surface area is 133 Å². The number of rotatable bonds is 3. The van der Waals surface area contributed by atoms with Crippen LogP contribution in [0.15, 0.2) is 52.4 Å². The molecule has 3 aromatic rings. The number of aromatic nitrogens is 2. The van der Waals surface area contributed by atoms with Crippen molar-refractivity contribution in [3.05, 3.63) is 69.8 Å². The summed E-state index contributed by atoms with van der Waals surface area (Å²) in [5.74, 6) is 0.744. The second kappa shape index (κ2) is 6.04. The number of hydrogen-bond donors (Lipinski definition) is 1. The third kappa shape index (κ3) is 2.73. The molecule has 0 spiro atoms. The van der Waals surface area contributed by atoms with Crippen LogP contribution in [0.25, 0.3) is 10.9 Å². The summed E-state index contributed by atoms with van der Waals surface area (Å²) in [7, 11) is 0. The van der Waals surface area contributed by atoms with Gasteiger partial charge in [0.15, 0.2) is 0 Å². The van der Waals surface area contributed by atoms with E-state index < -0.39 is 0 Å². The van der Waals surface area contributed by atoms with Gasteiger partial charge < -0.3 is 5.11 Å². The Morgan fingerprint density at radius 3 is 2.78 bits per heavy atom. The second-order valence-electron chi connectivity index (χ2n) is 5.27. The largest absolute Gasteiger partial charge is 0.507 e. The van der Waals surface area contributed by atoms with Crippen molar-refractivity contribution in [3.63, 3.8) is 0 Å². The Bertz CT molecular complexity index is 958. The lowest BCUT2D eigenvalue weighted by Gasteiger charge is -2.07. The third-order valence-corrected chi connectivity index (χ3v) is 3.72. The first-order valence-corrected chi connectivity index (χ1v) is 7.45. The van der Waals surface area contributed by atoms with Gasteiger partial charge in [0.25, 0.3) is 5.56 Å². The molecule has 0 bridgehead atoms. The minimum Gasteiger partial charge on any atom is -0.507 e. The fourth-order valence-corrected chi connectivity index (χ4v) is 2.42. The zero-order valence-corrected chi connectivity index (χ0v) is 13.0. The third-order valence-electron chi connectivity index (χ3n) is 3.72. The van der Waals surface area contributed by atoms with Crippen LogP contribution in [0.4, 0.5) is 0 Å². The van der Waals surface area contributed by atoms with E-state index in [0.717, 1.165) is 5.56 Å². The maximum Gasteiger partial charge on any atom is 0.282 e. The van der Waals surface area contributed by atoms with Crippen LogP contribution in [0.1, 0.15) is 23.9 Å². The van der Waals surface area contributed by atoms with Crippen LogP contribution in [0, 0.1) is 6.92 Å². The average Bonchev–Trinajstić information content (AvgIpc) is 2.57. The molecule has 5 heteroatoms. The fraction of sp³-hybridized carbons (Fsp3) is 0.167. The Kier molecular flexibility index (Phi) is 3.93. The van der Waals surface area contributed by atoms with E-state index in [1.807, 2.05) is 38.1 Å². The summed E-state index contributed by atoms with van der Waals surface area (Å²) in [4.78, 5) is 17.1. The molecule has 0 atom stereocenters. The lowest BCUT2D eigenvalue weighted by atomic mass is 10.1. The summed E-state index contributed by atoms with van der Waals surface area (Å²) in [6.07, 6.45) is 2.07. The Morgan fingerprint density at radius 1 is 1.22 bits per heavy atom. The van der Waals surface area contributed by atoms with Gasteiger partial charge in [-0.1, -0.05) is 31.2 Å². The first-order chi connectivity index (χ1) is 11.1. The molecular formula is C18H17N3O2. The van der Waals surface area contributed by atoms with Gasteiger partial charge in [0.1, 0.15) is 11.6 Å². The molecule has 0 saturated heterocycles. The monoisotopic (exact) mass is 307 g/mol. The topological polar surface area (TPSA) is 67.5 Å². The van der Waals surface area contributed by atoms with E-state index in [0.29, 0.717) is 28.7 Å². The number of aryl methyl sites for hydroxylation is 2. The van der Waals surface area contributed by atoms with Crippen molar-refractivity contribution in [2.75, 3.05) is 0 Å². The van der Waals surface area contributed by atoms with Crippen LogP contribution in [-0.2, 0) is 6.42 Å². The van der Waals surface area contributed by atoms with Crippen LogP contribution in [0.2, 0.25) is 0 Å². The molecule has 1 N–H and O–H groups in total. The summed E-state index contributed by atoms with van der Waals surface area (Å²) in [5.41, 5.74) is 1.77. The van der Waals surface area contributed by atoms with E-state index in [4.69, 9.17) is 0 Å². The Morgan fingerprint density at radius 2 is 2.00 bits per heavy atom. The number of fused-ring (bicyclic) bond motifs is 1. The summed E-state index contributed by atoms with van der Waals surface area (Å²) < 4.78 is 1.30. The molecule has 0 aliphatic rings. The van der Waals surface area contributed by atoms with Crippen molar-refractivity contribution in [1.29, 1.82) is 0 Å². The first kappa shape index (κ1) is 15.0. The van der Waals surface area contributed by atoms with Gasteiger partial charge in [0.2, 0.25) is 0 Å². The molecule has 0 saturated carbocycles. The maximum absolute atomic E-state index is 12.6. The molecule has 0 aliphatic heterocycles. The van der Waals surface area contributed by atoms with E-state index in [2.05, 4.69) is 10.1 Å². The molecule has 0 aliphatic carbocycles. The number of phenolic OH excluding ortho intramolecular Hbond substituents is 1. The number of benzene rings is 2. The summed E-state index contributed by atoms with van der Waals surface area (Å²) in [5, 5.41) is 14.8. The van der Waals surface area contributed by atoms with Gasteiger partial charge in [0.05, 0.1) is 17.1 Å². The molecule has 2 aromatic carbocycles. The van der Waals surface area contributed by atoms with Crippen molar-refractivity contribution < 1.29 is 5.11 Å². The highest BCUT2D eigenvalue weighted by Gasteiger charge is 2.09. The van der Waals surface area contributed by atoms with E-state index in [9.17, 15) is 9.90 Å². The molecule has 1 aromatic heterocycles. The summed E-state index contributed by atoms with van der Waals surface area (Å²) >= 11 is 0. The molecule has 0 amide bonds. The minimum absolute atomic E-state index is 0.163. The number of para-hydroxylation sites is 2. The molecule has 0 radical (unpaired) electrons. The lowest BCUT2D eigenvalue weighted by Crippen LogP contribution is -2.22. The number of nitrogens with zero attached hydrogens (tertiary/aromatic N) is 3. The lowest BCUT2D eigenvalue weighted by molar-refractivity contribution is 0.470. The smallest absolute Gasteiger partial charge is 0.282 e. The van der Waals surface area contributed by atoms with Crippen molar-refractivity contribution in [3.8, 4) is 5.75 Å². The highest BCUT2D eigenvalue weighted by atomic mass is 16.3. The number of hydrogen-bond acceptors (Lipinski definition) is 4. The van der Waals surface area contributed by atoms with E-state index in [1.54, 1.807) is 18.2 Å². The first-order valence-electron chi connectivity index (χ1n) is 7.45. The van der Waals surface area contributed by atoms with Gasteiger partial charge >= 0.3 is 0 Å². The standard InChI is InChI=1S/C18H17N3O2/c1-3-16-20-15-10-5-4-9-14(15)18(23)21(16)19-11-13-8-6-7-12(2)17(13)22/h4-11,22H,3H2,1-2H3/b19-11-. The molecular weight excluding hydrogens is 290 g/mol. The maximum atomic E-state index is 12.6. The average molecular weight is 307 g/mol. The SMILES string of the molecule is CCc1nc2ccccc2c(=O)n1/N=C\c1cccc(C)c1O. The molecule has 1 heterocycles.